The van der Waals surface area contributed by atoms with Crippen LogP contribution in [0.5, 0.6) is 5.75 Å². The summed E-state index contributed by atoms with van der Waals surface area (Å²) < 4.78 is 0. The van der Waals surface area contributed by atoms with Crippen LogP contribution in [0.15, 0.2) is 23.0 Å². The normalized spacial score (nSPS) is 31.9. The summed E-state index contributed by atoms with van der Waals surface area (Å²) in [5, 5.41) is 57.1. The first-order valence-electron chi connectivity index (χ1n) is 12.1. The van der Waals surface area contributed by atoms with Gasteiger partial charge in [-0.2, -0.15) is 0 Å². The molecule has 7 N–H and O–H groups in total. The van der Waals surface area contributed by atoms with Crippen LogP contribution in [0.2, 0.25) is 0 Å². The second-order valence-corrected chi connectivity index (χ2v) is 11.7. The molecule has 0 heterocycles. The maximum atomic E-state index is 14.0. The first-order valence-corrected chi connectivity index (χ1v) is 12.1. The summed E-state index contributed by atoms with van der Waals surface area (Å²) in [7, 11) is 2.94. The van der Waals surface area contributed by atoms with Crippen LogP contribution in [-0.2, 0) is 19.8 Å². The van der Waals surface area contributed by atoms with Gasteiger partial charge in [0.25, 0.3) is 5.91 Å². The average molecular weight is 515 g/mol. The zero-order valence-electron chi connectivity index (χ0n) is 21.9. The highest BCUT2D eigenvalue weighted by atomic mass is 16.4. The van der Waals surface area contributed by atoms with Gasteiger partial charge in [0, 0.05) is 17.1 Å². The van der Waals surface area contributed by atoms with Crippen molar-refractivity contribution in [3.8, 4) is 5.75 Å². The predicted octanol–water partition coefficient (Wildman–Crippen LogP) is 1.10. The maximum absolute atomic E-state index is 14.0. The van der Waals surface area contributed by atoms with Crippen LogP contribution in [0.1, 0.15) is 55.9 Å². The third-order valence-electron chi connectivity index (χ3n) is 8.24. The largest absolute Gasteiger partial charge is 0.508 e. The molecular weight excluding hydrogens is 480 g/mol. The van der Waals surface area contributed by atoms with Crippen LogP contribution >= 0.6 is 0 Å². The van der Waals surface area contributed by atoms with E-state index < -0.39 is 81.1 Å². The highest BCUT2D eigenvalue weighted by molar-refractivity contribution is 6.24. The van der Waals surface area contributed by atoms with Crippen molar-refractivity contribution < 1.29 is 39.9 Å². The highest BCUT2D eigenvalue weighted by Gasteiger charge is 2.68. The van der Waals surface area contributed by atoms with Crippen LogP contribution in [0.4, 0.5) is 0 Å². The average Bonchev–Trinajstić information content (AvgIpc) is 2.76. The fraction of sp³-hybridized carbons (Fsp3) is 0.519. The van der Waals surface area contributed by atoms with Crippen molar-refractivity contribution in [1.29, 1.82) is 0 Å². The van der Waals surface area contributed by atoms with Crippen molar-refractivity contribution in [3.63, 3.8) is 0 Å². The van der Waals surface area contributed by atoms with E-state index in [0.717, 1.165) is 5.56 Å². The first kappa shape index (κ1) is 26.8. The summed E-state index contributed by atoms with van der Waals surface area (Å²) in [5.74, 6) is -8.84. The second kappa shape index (κ2) is 8.14. The first-order chi connectivity index (χ1) is 16.9. The number of benzene rings is 1. The zero-order chi connectivity index (χ0) is 28.1. The summed E-state index contributed by atoms with van der Waals surface area (Å²) in [6.07, 6.45) is -1.61. The Labute approximate surface area is 214 Å². The van der Waals surface area contributed by atoms with Gasteiger partial charge in [0.1, 0.15) is 22.8 Å². The van der Waals surface area contributed by atoms with Gasteiger partial charge in [0.15, 0.2) is 11.4 Å². The predicted molar refractivity (Wildman–Crippen MR) is 134 cm³/mol. The summed E-state index contributed by atoms with van der Waals surface area (Å²) in [6, 6.07) is 0.425. The molecule has 0 bridgehead atoms. The van der Waals surface area contributed by atoms with Crippen molar-refractivity contribution in [2.24, 2.45) is 17.6 Å². The molecule has 37 heavy (non-hydrogen) atoms. The number of hydrogen-bond donors (Lipinski definition) is 6. The highest BCUT2D eigenvalue weighted by Crippen LogP contribution is 2.57. The molecule has 0 aromatic heterocycles. The van der Waals surface area contributed by atoms with Crippen LogP contribution < -0.4 is 5.73 Å². The smallest absolute Gasteiger partial charge is 0.255 e. The molecule has 1 fully saturated rings. The summed E-state index contributed by atoms with van der Waals surface area (Å²) in [5.41, 5.74) is 2.35. The molecule has 0 radical (unpaired) electrons. The lowest BCUT2D eigenvalue weighted by Gasteiger charge is -2.54. The fourth-order valence-corrected chi connectivity index (χ4v) is 6.59. The topological polar surface area (TPSA) is 182 Å². The van der Waals surface area contributed by atoms with Crippen molar-refractivity contribution in [3.05, 3.63) is 45.2 Å². The van der Waals surface area contributed by atoms with E-state index in [0.29, 0.717) is 11.1 Å². The van der Waals surface area contributed by atoms with Crippen LogP contribution in [0.25, 0.3) is 5.76 Å². The number of aromatic hydroxyl groups is 1. The molecule has 10 heteroatoms. The number of phenols is 1. The Morgan fingerprint density at radius 1 is 1.14 bits per heavy atom. The number of likely N-dealkylation sites (N-methyl/N-ethyl adjacent to an activating group) is 1. The molecule has 1 aromatic carbocycles. The molecular formula is C27H34N2O8. The van der Waals surface area contributed by atoms with Crippen molar-refractivity contribution in [2.75, 3.05) is 14.1 Å². The molecule has 0 spiro atoms. The summed E-state index contributed by atoms with van der Waals surface area (Å²) in [6.45, 7) is 9.16. The number of nitrogens with zero attached hydrogens (tertiary/aromatic N) is 1. The van der Waals surface area contributed by atoms with E-state index in [2.05, 4.69) is 0 Å². The third-order valence-corrected chi connectivity index (χ3v) is 8.24. The van der Waals surface area contributed by atoms with Gasteiger partial charge in [-0.1, -0.05) is 33.8 Å². The van der Waals surface area contributed by atoms with Gasteiger partial charge in [-0.05, 0) is 43.5 Å². The zero-order valence-corrected chi connectivity index (χ0v) is 21.9. The molecule has 200 valence electrons. The number of carbonyl (C=O) groups excluding carboxylic acids is 3. The van der Waals surface area contributed by atoms with Crippen LogP contribution in [0, 0.1) is 18.8 Å². The Kier molecular flexibility index (Phi) is 5.91. The molecule has 3 aliphatic carbocycles. The van der Waals surface area contributed by atoms with Gasteiger partial charge in [-0.15, -0.1) is 0 Å². The molecule has 1 saturated carbocycles. The number of ketones is 2. The van der Waals surface area contributed by atoms with E-state index in [9.17, 15) is 39.9 Å². The Morgan fingerprint density at radius 3 is 2.19 bits per heavy atom. The van der Waals surface area contributed by atoms with E-state index in [1.54, 1.807) is 19.9 Å². The molecule has 10 nitrogen and oxygen atoms in total. The molecule has 1 amide bonds. The monoisotopic (exact) mass is 514 g/mol. The number of rotatable bonds is 2. The van der Waals surface area contributed by atoms with E-state index in [-0.39, 0.29) is 11.3 Å². The fourth-order valence-electron chi connectivity index (χ4n) is 6.59. The van der Waals surface area contributed by atoms with Gasteiger partial charge >= 0.3 is 0 Å². The standard InChI is InChI=1S/C27H34N2O8/c1-9-8-11(26(3,4)5)19(30)14-12(9)10(2)13-15(20(14)31)23(34)27(37)17(21(13)32)18(29(6)7)22(33)16(24(27)35)25(28)36/h8,10,13,17-18,21,30-32,35,37H,1-7H3,(H2,28,36)/t10?,13?,17?,18?,21?,27-/m1/s1. The number of aliphatic hydroxyl groups is 4. The number of carbonyl (C=O) groups is 3. The Hall–Kier alpha value is -3.21. The van der Waals surface area contributed by atoms with E-state index >= 15 is 0 Å². The summed E-state index contributed by atoms with van der Waals surface area (Å²) >= 11 is 0. The molecule has 5 unspecified atom stereocenters. The number of hydrogen-bond acceptors (Lipinski definition) is 9. The minimum Gasteiger partial charge on any atom is -0.508 e. The van der Waals surface area contributed by atoms with Crippen molar-refractivity contribution >= 4 is 23.2 Å². The lowest BCUT2D eigenvalue weighted by Crippen LogP contribution is -2.70. The Balaban J connectivity index is 2.10. The Bertz CT molecular complexity index is 1320. The quantitative estimate of drug-likeness (QED) is 0.315. The molecule has 3 aliphatic rings. The lowest BCUT2D eigenvalue weighted by atomic mass is 9.54. The minimum absolute atomic E-state index is 0.0147. The second-order valence-electron chi connectivity index (χ2n) is 11.7. The van der Waals surface area contributed by atoms with Gasteiger partial charge in [0.2, 0.25) is 5.78 Å². The van der Waals surface area contributed by atoms with Crippen molar-refractivity contribution in [1.82, 2.24) is 4.90 Å². The number of phenolic OH excluding ortho intramolecular Hbond substituents is 1. The minimum atomic E-state index is -2.92. The van der Waals surface area contributed by atoms with Crippen LogP contribution in [0.3, 0.4) is 0 Å². The molecule has 4 rings (SSSR count). The van der Waals surface area contributed by atoms with Gasteiger partial charge < -0.3 is 31.3 Å². The summed E-state index contributed by atoms with van der Waals surface area (Å²) in [4.78, 5) is 40.7. The van der Waals surface area contributed by atoms with Gasteiger partial charge in [0.05, 0.1) is 23.6 Å². The van der Waals surface area contributed by atoms with E-state index in [1.165, 1.54) is 19.0 Å². The number of aliphatic hydroxyl groups excluding tert-OH is 3. The SMILES string of the molecule is Cc1cc(C(C)(C)C)c(O)c2c1C(C)C1C(=C2O)C(=O)[C@@]2(O)C(O)=C(C(N)=O)C(=O)C(N(C)C)C2C1O. The maximum Gasteiger partial charge on any atom is 0.255 e. The number of fused-ring (bicyclic) bond motifs is 3. The lowest BCUT2D eigenvalue weighted by molar-refractivity contribution is -0.169. The van der Waals surface area contributed by atoms with Crippen molar-refractivity contribution in [2.45, 2.75) is 63.7 Å². The van der Waals surface area contributed by atoms with E-state index in [1.807, 2.05) is 20.8 Å². The number of Topliss-reactive ketones (excluding diaryl/α,β-unsaturated/α-hetero) is 2. The third kappa shape index (κ3) is 3.32. The molecule has 1 aromatic rings. The van der Waals surface area contributed by atoms with Gasteiger partial charge in [-0.25, -0.2) is 0 Å². The Morgan fingerprint density at radius 2 is 1.70 bits per heavy atom. The molecule has 0 saturated heterocycles. The van der Waals surface area contributed by atoms with Crippen LogP contribution in [-0.4, -0.2) is 79.7 Å². The number of primary amides is 1. The number of aryl methyl sites for hydroxylation is 1. The number of amides is 1. The van der Waals surface area contributed by atoms with E-state index in [4.69, 9.17) is 5.73 Å². The molecule has 0 aliphatic heterocycles. The molecule has 6 atom stereocenters. The number of nitrogens with two attached hydrogens (primary N) is 1. The van der Waals surface area contributed by atoms with Gasteiger partial charge in [-0.3, -0.25) is 19.3 Å².